The van der Waals surface area contributed by atoms with E-state index in [-0.39, 0.29) is 12.5 Å². The van der Waals surface area contributed by atoms with Crippen LogP contribution in [0.4, 0.5) is 4.79 Å². The van der Waals surface area contributed by atoms with E-state index in [1.807, 2.05) is 6.92 Å². The number of nitrogens with zero attached hydrogens (tertiary/aromatic N) is 2. The van der Waals surface area contributed by atoms with Gasteiger partial charge < -0.3 is 0 Å². The largest absolute Gasteiger partial charge is 0.330 e. The third-order valence-electron chi connectivity index (χ3n) is 3.57. The Kier molecular flexibility index (Phi) is 3.96. The fourth-order valence-electron chi connectivity index (χ4n) is 2.50. The second-order valence-corrected chi connectivity index (χ2v) is 4.98. The molecule has 0 saturated carbocycles. The van der Waals surface area contributed by atoms with Crippen molar-refractivity contribution in [1.29, 1.82) is 0 Å². The summed E-state index contributed by atoms with van der Waals surface area (Å²) < 4.78 is 0. The molecule has 100 valence electrons. The first-order chi connectivity index (χ1) is 8.58. The summed E-state index contributed by atoms with van der Waals surface area (Å²) in [7, 11) is 0. The number of hydrogen-bond acceptors (Lipinski definition) is 4. The summed E-state index contributed by atoms with van der Waals surface area (Å²) in [4.78, 5) is 37.7. The predicted octanol–water partition coefficient (Wildman–Crippen LogP) is 0.329. The van der Waals surface area contributed by atoms with E-state index in [1.54, 1.807) is 0 Å². The average molecular weight is 253 g/mol. The molecule has 2 saturated heterocycles. The molecular weight excluding hydrogens is 234 g/mol. The Morgan fingerprint density at radius 2 is 1.83 bits per heavy atom. The Morgan fingerprint density at radius 3 is 2.44 bits per heavy atom. The highest BCUT2D eigenvalue weighted by Crippen LogP contribution is 2.14. The van der Waals surface area contributed by atoms with E-state index in [4.69, 9.17) is 0 Å². The molecule has 6 nitrogen and oxygen atoms in total. The Labute approximate surface area is 106 Å². The molecule has 6 heteroatoms. The Bertz CT molecular complexity index is 344. The number of imide groups is 2. The summed E-state index contributed by atoms with van der Waals surface area (Å²) >= 11 is 0. The molecule has 1 N–H and O–H groups in total. The number of rotatable bonds is 3. The van der Waals surface area contributed by atoms with Crippen LogP contribution in [0.2, 0.25) is 0 Å². The molecule has 0 aromatic heterocycles. The van der Waals surface area contributed by atoms with E-state index in [0.717, 1.165) is 18.0 Å². The van der Waals surface area contributed by atoms with Crippen molar-refractivity contribution in [3.05, 3.63) is 0 Å². The maximum Gasteiger partial charge on any atom is 0.330 e. The molecule has 2 aliphatic rings. The van der Waals surface area contributed by atoms with Crippen LogP contribution in [0, 0.1) is 0 Å². The van der Waals surface area contributed by atoms with Crippen LogP contribution < -0.4 is 5.32 Å². The maximum absolute atomic E-state index is 11.7. The minimum absolute atomic E-state index is 0.146. The second kappa shape index (κ2) is 5.48. The highest BCUT2D eigenvalue weighted by atomic mass is 16.2. The first kappa shape index (κ1) is 13.0. The number of urea groups is 1. The van der Waals surface area contributed by atoms with Crippen molar-refractivity contribution in [2.24, 2.45) is 0 Å². The zero-order valence-corrected chi connectivity index (χ0v) is 10.6. The molecule has 0 aromatic rings. The third-order valence-corrected chi connectivity index (χ3v) is 3.57. The zero-order valence-electron chi connectivity index (χ0n) is 10.6. The van der Waals surface area contributed by atoms with Crippen LogP contribution in [0.5, 0.6) is 0 Å². The van der Waals surface area contributed by atoms with Crippen molar-refractivity contribution < 1.29 is 14.4 Å². The van der Waals surface area contributed by atoms with E-state index >= 15 is 0 Å². The SMILES string of the molecule is CC(CN1C(=O)CC(=O)NC1=O)N1CCCCC1. The highest BCUT2D eigenvalue weighted by Gasteiger charge is 2.32. The van der Waals surface area contributed by atoms with Gasteiger partial charge in [-0.15, -0.1) is 0 Å². The molecule has 0 spiro atoms. The second-order valence-electron chi connectivity index (χ2n) is 4.98. The number of nitrogens with one attached hydrogen (secondary N) is 1. The lowest BCUT2D eigenvalue weighted by atomic mass is 10.1. The standard InChI is InChI=1S/C12H19N3O3/c1-9(14-5-3-2-4-6-14)8-15-11(17)7-10(16)13-12(15)18/h9H,2-8H2,1H3,(H,13,16,18). The summed E-state index contributed by atoms with van der Waals surface area (Å²) in [5.74, 6) is -0.903. The number of barbiturate groups is 1. The van der Waals surface area contributed by atoms with Gasteiger partial charge in [0.2, 0.25) is 11.8 Å². The van der Waals surface area contributed by atoms with Gasteiger partial charge >= 0.3 is 6.03 Å². The van der Waals surface area contributed by atoms with E-state index in [2.05, 4.69) is 10.2 Å². The van der Waals surface area contributed by atoms with Gasteiger partial charge in [0.25, 0.3) is 0 Å². The van der Waals surface area contributed by atoms with Crippen molar-refractivity contribution in [3.63, 3.8) is 0 Å². The van der Waals surface area contributed by atoms with Crippen molar-refractivity contribution in [2.45, 2.75) is 38.6 Å². The van der Waals surface area contributed by atoms with Crippen molar-refractivity contribution >= 4 is 17.8 Å². The van der Waals surface area contributed by atoms with Crippen LogP contribution in [-0.4, -0.2) is 53.3 Å². The van der Waals surface area contributed by atoms with Gasteiger partial charge in [-0.25, -0.2) is 4.79 Å². The van der Waals surface area contributed by atoms with Gasteiger partial charge in [-0.2, -0.15) is 0 Å². The molecule has 1 atom stereocenters. The lowest BCUT2D eigenvalue weighted by Gasteiger charge is -2.35. The molecule has 0 aromatic carbocycles. The summed E-state index contributed by atoms with van der Waals surface area (Å²) in [5.41, 5.74) is 0. The first-order valence-electron chi connectivity index (χ1n) is 6.46. The fraction of sp³-hybridized carbons (Fsp3) is 0.750. The number of carbonyl (C=O) groups excluding carboxylic acids is 3. The fourth-order valence-corrected chi connectivity index (χ4v) is 2.50. The molecule has 4 amide bonds. The molecule has 2 fully saturated rings. The number of amides is 4. The molecule has 1 unspecified atom stereocenters. The highest BCUT2D eigenvalue weighted by molar-refractivity contribution is 6.14. The smallest absolute Gasteiger partial charge is 0.299 e. The number of likely N-dealkylation sites (tertiary alicyclic amines) is 1. The van der Waals surface area contributed by atoms with Crippen molar-refractivity contribution in [1.82, 2.24) is 15.1 Å². The molecule has 0 bridgehead atoms. The summed E-state index contributed by atoms with van der Waals surface area (Å²) in [6.45, 7) is 4.41. The predicted molar refractivity (Wildman–Crippen MR) is 64.8 cm³/mol. The lowest BCUT2D eigenvalue weighted by molar-refractivity contribution is -0.136. The van der Waals surface area contributed by atoms with Crippen LogP contribution in [0.3, 0.4) is 0 Å². The van der Waals surface area contributed by atoms with E-state index in [9.17, 15) is 14.4 Å². The van der Waals surface area contributed by atoms with Crippen LogP contribution in [0.25, 0.3) is 0 Å². The topological polar surface area (TPSA) is 69.7 Å². The van der Waals surface area contributed by atoms with Gasteiger partial charge in [0.05, 0.1) is 0 Å². The Balaban J connectivity index is 1.93. The minimum Gasteiger partial charge on any atom is -0.299 e. The van der Waals surface area contributed by atoms with Gasteiger partial charge in [-0.3, -0.25) is 24.7 Å². The maximum atomic E-state index is 11.7. The van der Waals surface area contributed by atoms with Crippen LogP contribution in [0.15, 0.2) is 0 Å². The Hall–Kier alpha value is -1.43. The van der Waals surface area contributed by atoms with Gasteiger partial charge in [-0.1, -0.05) is 6.42 Å². The summed E-state index contributed by atoms with van der Waals surface area (Å²) in [5, 5.41) is 2.18. The van der Waals surface area contributed by atoms with Gasteiger partial charge in [0, 0.05) is 12.6 Å². The molecule has 0 radical (unpaired) electrons. The van der Waals surface area contributed by atoms with Gasteiger partial charge in [-0.05, 0) is 32.9 Å². The van der Waals surface area contributed by atoms with E-state index in [0.29, 0.717) is 6.54 Å². The molecule has 18 heavy (non-hydrogen) atoms. The molecular formula is C12H19N3O3. The Morgan fingerprint density at radius 1 is 1.17 bits per heavy atom. The number of carbonyl (C=O) groups is 3. The summed E-state index contributed by atoms with van der Waals surface area (Å²) in [6, 6.07) is -0.437. The van der Waals surface area contributed by atoms with E-state index < -0.39 is 17.8 Å². The van der Waals surface area contributed by atoms with Crippen molar-refractivity contribution in [2.75, 3.05) is 19.6 Å². The third kappa shape index (κ3) is 2.87. The average Bonchev–Trinajstić information content (AvgIpc) is 2.34. The first-order valence-corrected chi connectivity index (χ1v) is 6.46. The monoisotopic (exact) mass is 253 g/mol. The zero-order chi connectivity index (χ0) is 13.1. The quantitative estimate of drug-likeness (QED) is 0.736. The van der Waals surface area contributed by atoms with Crippen molar-refractivity contribution in [3.8, 4) is 0 Å². The van der Waals surface area contributed by atoms with E-state index in [1.165, 1.54) is 19.3 Å². The lowest BCUT2D eigenvalue weighted by Crippen LogP contribution is -2.56. The van der Waals surface area contributed by atoms with Crippen LogP contribution in [0.1, 0.15) is 32.6 Å². The van der Waals surface area contributed by atoms with Gasteiger partial charge in [0.1, 0.15) is 6.42 Å². The molecule has 2 heterocycles. The number of hydrogen-bond donors (Lipinski definition) is 1. The molecule has 2 rings (SSSR count). The van der Waals surface area contributed by atoms with Crippen LogP contribution >= 0.6 is 0 Å². The summed E-state index contributed by atoms with van der Waals surface area (Å²) in [6.07, 6.45) is 3.37. The number of piperidine rings is 1. The normalized spacial score (nSPS) is 24.1. The minimum atomic E-state index is -0.583. The molecule has 2 aliphatic heterocycles. The van der Waals surface area contributed by atoms with Gasteiger partial charge in [0.15, 0.2) is 0 Å². The molecule has 0 aliphatic carbocycles. The van der Waals surface area contributed by atoms with Crippen LogP contribution in [-0.2, 0) is 9.59 Å².